The third kappa shape index (κ3) is 2.79. The van der Waals surface area contributed by atoms with Crippen LogP contribution in [0.1, 0.15) is 24.9 Å². The Morgan fingerprint density at radius 2 is 2.08 bits per heavy atom. The standard InChI is InChI=1S/C8H9BrCl2N2/c1-2-3-5-7(9)8(11)13-6(4-10)12-5/h2-4H2,1H3. The van der Waals surface area contributed by atoms with Gasteiger partial charge in [-0.2, -0.15) is 0 Å². The van der Waals surface area contributed by atoms with E-state index in [0.717, 1.165) is 23.0 Å². The van der Waals surface area contributed by atoms with Crippen molar-refractivity contribution in [1.82, 2.24) is 9.97 Å². The lowest BCUT2D eigenvalue weighted by Gasteiger charge is -2.04. The van der Waals surface area contributed by atoms with Crippen LogP contribution in [0.2, 0.25) is 5.15 Å². The molecule has 5 heteroatoms. The summed E-state index contributed by atoms with van der Waals surface area (Å²) in [6.45, 7) is 2.09. The lowest BCUT2D eigenvalue weighted by atomic mass is 10.2. The molecule has 0 radical (unpaired) electrons. The topological polar surface area (TPSA) is 25.8 Å². The summed E-state index contributed by atoms with van der Waals surface area (Å²) in [6.07, 6.45) is 1.90. The number of nitrogens with zero attached hydrogens (tertiary/aromatic N) is 2. The second-order valence-electron chi connectivity index (χ2n) is 2.57. The minimum Gasteiger partial charge on any atom is -0.235 e. The summed E-state index contributed by atoms with van der Waals surface area (Å²) >= 11 is 14.8. The quantitative estimate of drug-likeness (QED) is 0.626. The van der Waals surface area contributed by atoms with Crippen LogP contribution in [-0.2, 0) is 12.3 Å². The van der Waals surface area contributed by atoms with Crippen molar-refractivity contribution in [1.29, 1.82) is 0 Å². The van der Waals surface area contributed by atoms with Gasteiger partial charge in [-0.15, -0.1) is 11.6 Å². The summed E-state index contributed by atoms with van der Waals surface area (Å²) < 4.78 is 0.782. The van der Waals surface area contributed by atoms with Gasteiger partial charge in [0, 0.05) is 0 Å². The van der Waals surface area contributed by atoms with Gasteiger partial charge < -0.3 is 0 Å². The van der Waals surface area contributed by atoms with E-state index in [0.29, 0.717) is 16.9 Å². The highest BCUT2D eigenvalue weighted by atomic mass is 79.9. The van der Waals surface area contributed by atoms with E-state index in [2.05, 4.69) is 32.8 Å². The van der Waals surface area contributed by atoms with Crippen molar-refractivity contribution in [3.05, 3.63) is 21.1 Å². The second-order valence-corrected chi connectivity index (χ2v) is 3.99. The molecule has 72 valence electrons. The van der Waals surface area contributed by atoms with E-state index in [9.17, 15) is 0 Å². The summed E-state index contributed by atoms with van der Waals surface area (Å²) in [6, 6.07) is 0. The van der Waals surface area contributed by atoms with E-state index < -0.39 is 0 Å². The van der Waals surface area contributed by atoms with Gasteiger partial charge in [0.05, 0.1) is 16.0 Å². The molecule has 0 bridgehead atoms. The number of rotatable bonds is 3. The van der Waals surface area contributed by atoms with Gasteiger partial charge in [0.15, 0.2) is 0 Å². The maximum Gasteiger partial charge on any atom is 0.147 e. The Morgan fingerprint density at radius 1 is 1.38 bits per heavy atom. The highest BCUT2D eigenvalue weighted by Gasteiger charge is 2.08. The lowest BCUT2D eigenvalue weighted by Crippen LogP contribution is -1.99. The molecular weight excluding hydrogens is 275 g/mol. The number of hydrogen-bond donors (Lipinski definition) is 0. The van der Waals surface area contributed by atoms with Crippen LogP contribution in [0.4, 0.5) is 0 Å². The van der Waals surface area contributed by atoms with Crippen molar-refractivity contribution in [2.75, 3.05) is 0 Å². The summed E-state index contributed by atoms with van der Waals surface area (Å²) in [5.74, 6) is 0.877. The molecule has 1 aromatic heterocycles. The first-order valence-corrected chi connectivity index (χ1v) is 5.66. The zero-order valence-electron chi connectivity index (χ0n) is 7.15. The molecule has 0 unspecified atom stereocenters. The van der Waals surface area contributed by atoms with Crippen LogP contribution in [0.15, 0.2) is 4.47 Å². The van der Waals surface area contributed by atoms with Gasteiger partial charge in [0.25, 0.3) is 0 Å². The Morgan fingerprint density at radius 3 is 2.62 bits per heavy atom. The van der Waals surface area contributed by atoms with Gasteiger partial charge in [-0.3, -0.25) is 0 Å². The van der Waals surface area contributed by atoms with E-state index in [1.165, 1.54) is 0 Å². The molecule has 0 amide bonds. The van der Waals surface area contributed by atoms with E-state index >= 15 is 0 Å². The Hall–Kier alpha value is 0.140. The number of hydrogen-bond acceptors (Lipinski definition) is 2. The summed E-state index contributed by atoms with van der Waals surface area (Å²) in [7, 11) is 0. The molecule has 0 N–H and O–H groups in total. The predicted molar refractivity (Wildman–Crippen MR) is 58.3 cm³/mol. The molecule has 0 aliphatic heterocycles. The normalized spacial score (nSPS) is 10.5. The fraction of sp³-hybridized carbons (Fsp3) is 0.500. The molecule has 1 rings (SSSR count). The van der Waals surface area contributed by atoms with Gasteiger partial charge in [0.2, 0.25) is 0 Å². The largest absolute Gasteiger partial charge is 0.235 e. The van der Waals surface area contributed by atoms with E-state index in [1.54, 1.807) is 0 Å². The van der Waals surface area contributed by atoms with Crippen molar-refractivity contribution in [3.63, 3.8) is 0 Å². The Bertz CT molecular complexity index is 304. The molecule has 0 fully saturated rings. The van der Waals surface area contributed by atoms with Crippen molar-refractivity contribution >= 4 is 39.1 Å². The molecule has 1 heterocycles. The summed E-state index contributed by atoms with van der Waals surface area (Å²) in [5, 5.41) is 0.439. The zero-order valence-corrected chi connectivity index (χ0v) is 10.2. The number of aryl methyl sites for hydroxylation is 1. The fourth-order valence-electron chi connectivity index (χ4n) is 0.974. The van der Waals surface area contributed by atoms with Crippen LogP contribution in [-0.4, -0.2) is 9.97 Å². The Balaban J connectivity index is 3.09. The maximum absolute atomic E-state index is 5.88. The first-order valence-electron chi connectivity index (χ1n) is 3.95. The highest BCUT2D eigenvalue weighted by molar-refractivity contribution is 9.10. The maximum atomic E-state index is 5.88. The van der Waals surface area contributed by atoms with Gasteiger partial charge in [-0.25, -0.2) is 9.97 Å². The number of halogens is 3. The Labute approximate surface area is 95.8 Å². The first kappa shape index (κ1) is 11.2. The van der Waals surface area contributed by atoms with Crippen LogP contribution < -0.4 is 0 Å². The molecule has 2 nitrogen and oxygen atoms in total. The van der Waals surface area contributed by atoms with Crippen LogP contribution in [0.5, 0.6) is 0 Å². The smallest absolute Gasteiger partial charge is 0.147 e. The van der Waals surface area contributed by atoms with Crippen LogP contribution >= 0.6 is 39.1 Å². The van der Waals surface area contributed by atoms with E-state index in [1.807, 2.05) is 0 Å². The molecule has 0 saturated carbocycles. The number of aromatic nitrogens is 2. The molecular formula is C8H9BrCl2N2. The lowest BCUT2D eigenvalue weighted by molar-refractivity contribution is 0.845. The minimum atomic E-state index is 0.295. The third-order valence-electron chi connectivity index (χ3n) is 1.53. The first-order chi connectivity index (χ1) is 6.19. The molecule has 13 heavy (non-hydrogen) atoms. The van der Waals surface area contributed by atoms with Crippen molar-refractivity contribution in [2.45, 2.75) is 25.6 Å². The third-order valence-corrected chi connectivity index (χ3v) is 3.11. The highest BCUT2D eigenvalue weighted by Crippen LogP contribution is 2.24. The van der Waals surface area contributed by atoms with Gasteiger partial charge >= 0.3 is 0 Å². The fourth-order valence-corrected chi connectivity index (χ4v) is 1.68. The van der Waals surface area contributed by atoms with Crippen molar-refractivity contribution in [3.8, 4) is 0 Å². The minimum absolute atomic E-state index is 0.295. The van der Waals surface area contributed by atoms with Crippen molar-refractivity contribution < 1.29 is 0 Å². The Kier molecular flexibility index (Phi) is 4.42. The monoisotopic (exact) mass is 282 g/mol. The van der Waals surface area contributed by atoms with Crippen LogP contribution in [0, 0.1) is 0 Å². The number of alkyl halides is 1. The van der Waals surface area contributed by atoms with Crippen molar-refractivity contribution in [2.24, 2.45) is 0 Å². The zero-order chi connectivity index (χ0) is 9.84. The second kappa shape index (κ2) is 5.13. The molecule has 0 aliphatic carbocycles. The molecule has 0 saturated heterocycles. The van der Waals surface area contributed by atoms with Crippen LogP contribution in [0.25, 0.3) is 0 Å². The van der Waals surface area contributed by atoms with E-state index in [4.69, 9.17) is 23.2 Å². The molecule has 0 spiro atoms. The summed E-state index contributed by atoms with van der Waals surface area (Å²) in [5.41, 5.74) is 0.929. The SMILES string of the molecule is CCCc1nc(CCl)nc(Cl)c1Br. The average Bonchev–Trinajstić information content (AvgIpc) is 2.13. The molecule has 0 aromatic carbocycles. The average molecular weight is 284 g/mol. The predicted octanol–water partition coefficient (Wildman–Crippen LogP) is 3.58. The molecule has 0 aliphatic rings. The van der Waals surface area contributed by atoms with Gasteiger partial charge in [-0.1, -0.05) is 24.9 Å². The summed E-state index contributed by atoms with van der Waals surface area (Å²) in [4.78, 5) is 8.28. The van der Waals surface area contributed by atoms with Gasteiger partial charge in [0.1, 0.15) is 11.0 Å². The van der Waals surface area contributed by atoms with E-state index in [-0.39, 0.29) is 0 Å². The van der Waals surface area contributed by atoms with Crippen LogP contribution in [0.3, 0.4) is 0 Å². The van der Waals surface area contributed by atoms with Gasteiger partial charge in [-0.05, 0) is 22.4 Å². The molecule has 1 aromatic rings. The molecule has 0 atom stereocenters.